The van der Waals surface area contributed by atoms with Gasteiger partial charge in [-0.1, -0.05) is 47.5 Å². The Kier molecular flexibility index (Phi) is 8.41. The second kappa shape index (κ2) is 11.5. The van der Waals surface area contributed by atoms with Gasteiger partial charge >= 0.3 is 0 Å². The van der Waals surface area contributed by atoms with Crippen LogP contribution in [0.15, 0.2) is 70.0 Å². The lowest BCUT2D eigenvalue weighted by atomic mass is 10.2. The first-order chi connectivity index (χ1) is 17.2. The zero-order valence-corrected chi connectivity index (χ0v) is 22.8. The summed E-state index contributed by atoms with van der Waals surface area (Å²) in [6.45, 7) is 1.88. The number of nitrogens with zero attached hydrogens (tertiary/aromatic N) is 1. The Morgan fingerprint density at radius 1 is 1.08 bits per heavy atom. The van der Waals surface area contributed by atoms with Crippen molar-refractivity contribution in [3.8, 4) is 5.75 Å². The number of rotatable bonds is 7. The van der Waals surface area contributed by atoms with Crippen molar-refractivity contribution < 1.29 is 19.1 Å². The van der Waals surface area contributed by atoms with Crippen molar-refractivity contribution in [1.29, 1.82) is 0 Å². The second-order valence-corrected chi connectivity index (χ2v) is 10.6. The molecule has 3 amide bonds. The van der Waals surface area contributed by atoms with Gasteiger partial charge in [0.1, 0.15) is 5.75 Å². The SMILES string of the molecule is Cc1cccc(NC(=O)COc2ccc(/C=C3\SC(=O)N(Cc4ccc(Cl)c(Cl)c4)C3=O)cc2Br)c1. The highest BCUT2D eigenvalue weighted by Crippen LogP contribution is 2.35. The lowest BCUT2D eigenvalue weighted by Gasteiger charge is -2.13. The van der Waals surface area contributed by atoms with Crippen LogP contribution in [0.2, 0.25) is 10.0 Å². The second-order valence-electron chi connectivity index (χ2n) is 7.91. The molecule has 1 aliphatic rings. The molecule has 0 atom stereocenters. The van der Waals surface area contributed by atoms with Crippen LogP contribution in [0.4, 0.5) is 10.5 Å². The Labute approximate surface area is 230 Å². The molecule has 0 bridgehead atoms. The molecule has 3 aromatic carbocycles. The standard InChI is InChI=1S/C26H19BrCl2N2O4S/c1-15-3-2-4-18(9-15)30-24(32)14-35-22-8-6-16(10-19(22)27)12-23-25(33)31(26(34)36-23)13-17-5-7-20(28)21(29)11-17/h2-12H,13-14H2,1H3,(H,30,32)/b23-12-. The Hall–Kier alpha value is -2.78. The monoisotopic (exact) mass is 604 g/mol. The summed E-state index contributed by atoms with van der Waals surface area (Å²) in [7, 11) is 0. The Morgan fingerprint density at radius 2 is 1.89 bits per heavy atom. The van der Waals surface area contributed by atoms with Gasteiger partial charge in [0.15, 0.2) is 6.61 Å². The van der Waals surface area contributed by atoms with Crippen LogP contribution in [0, 0.1) is 6.92 Å². The predicted molar refractivity (Wildman–Crippen MR) is 147 cm³/mol. The van der Waals surface area contributed by atoms with Crippen LogP contribution >= 0.6 is 50.9 Å². The van der Waals surface area contributed by atoms with Crippen LogP contribution in [-0.2, 0) is 16.1 Å². The van der Waals surface area contributed by atoms with E-state index in [2.05, 4.69) is 21.2 Å². The van der Waals surface area contributed by atoms with Gasteiger partial charge in [-0.15, -0.1) is 0 Å². The van der Waals surface area contributed by atoms with Gasteiger partial charge in [-0.25, -0.2) is 0 Å². The topological polar surface area (TPSA) is 75.7 Å². The van der Waals surface area contributed by atoms with Gasteiger partial charge in [0, 0.05) is 5.69 Å². The average Bonchev–Trinajstić information content (AvgIpc) is 3.08. The third kappa shape index (κ3) is 6.50. The van der Waals surface area contributed by atoms with Gasteiger partial charge in [0.05, 0.1) is 26.0 Å². The molecule has 4 rings (SSSR count). The molecule has 1 N–H and O–H groups in total. The van der Waals surface area contributed by atoms with E-state index in [1.165, 1.54) is 0 Å². The molecule has 10 heteroatoms. The molecule has 0 aromatic heterocycles. The third-order valence-electron chi connectivity index (χ3n) is 5.11. The van der Waals surface area contributed by atoms with Gasteiger partial charge in [-0.2, -0.15) is 0 Å². The number of hydrogen-bond donors (Lipinski definition) is 1. The van der Waals surface area contributed by atoms with Gasteiger partial charge < -0.3 is 10.1 Å². The molecule has 0 radical (unpaired) electrons. The molecule has 36 heavy (non-hydrogen) atoms. The van der Waals surface area contributed by atoms with Crippen molar-refractivity contribution in [2.45, 2.75) is 13.5 Å². The van der Waals surface area contributed by atoms with Gasteiger partial charge in [0.2, 0.25) is 0 Å². The minimum absolute atomic E-state index is 0.0972. The van der Waals surface area contributed by atoms with Crippen LogP contribution in [-0.4, -0.2) is 28.6 Å². The lowest BCUT2D eigenvalue weighted by Crippen LogP contribution is -2.27. The predicted octanol–water partition coefficient (Wildman–Crippen LogP) is 7.32. The first-order valence-corrected chi connectivity index (χ1v) is 13.0. The normalized spacial score (nSPS) is 14.4. The van der Waals surface area contributed by atoms with Crippen LogP contribution in [0.1, 0.15) is 16.7 Å². The number of carbonyl (C=O) groups excluding carboxylic acids is 3. The average molecular weight is 606 g/mol. The fourth-order valence-electron chi connectivity index (χ4n) is 3.40. The summed E-state index contributed by atoms with van der Waals surface area (Å²) in [6.07, 6.45) is 1.64. The van der Waals surface area contributed by atoms with E-state index in [0.717, 1.165) is 22.2 Å². The molecule has 1 saturated heterocycles. The number of ether oxygens (including phenoxy) is 1. The summed E-state index contributed by atoms with van der Waals surface area (Å²) in [6, 6.07) is 17.6. The molecular weight excluding hydrogens is 587 g/mol. The largest absolute Gasteiger partial charge is 0.483 e. The number of halogens is 3. The quantitative estimate of drug-likeness (QED) is 0.286. The minimum Gasteiger partial charge on any atom is -0.483 e. The number of amides is 3. The van der Waals surface area contributed by atoms with Gasteiger partial charge in [0.25, 0.3) is 17.1 Å². The number of benzene rings is 3. The molecule has 1 heterocycles. The Morgan fingerprint density at radius 3 is 2.61 bits per heavy atom. The summed E-state index contributed by atoms with van der Waals surface area (Å²) in [5.41, 5.74) is 3.13. The highest BCUT2D eigenvalue weighted by atomic mass is 79.9. The lowest BCUT2D eigenvalue weighted by molar-refractivity contribution is -0.123. The van der Waals surface area contributed by atoms with Crippen molar-refractivity contribution in [3.63, 3.8) is 0 Å². The van der Waals surface area contributed by atoms with Crippen molar-refractivity contribution in [2.24, 2.45) is 0 Å². The molecule has 184 valence electrons. The zero-order valence-electron chi connectivity index (χ0n) is 18.9. The van der Waals surface area contributed by atoms with E-state index in [0.29, 0.717) is 42.0 Å². The maximum atomic E-state index is 12.9. The summed E-state index contributed by atoms with van der Waals surface area (Å²) in [5.74, 6) is -0.202. The van der Waals surface area contributed by atoms with Crippen molar-refractivity contribution >= 4 is 79.7 Å². The van der Waals surface area contributed by atoms with E-state index in [1.807, 2.05) is 31.2 Å². The molecule has 6 nitrogen and oxygen atoms in total. The summed E-state index contributed by atoms with van der Waals surface area (Å²) in [4.78, 5) is 39.0. The van der Waals surface area contributed by atoms with E-state index >= 15 is 0 Å². The molecule has 0 unspecified atom stereocenters. The Bertz CT molecular complexity index is 1400. The number of nitrogens with one attached hydrogen (secondary N) is 1. The fraction of sp³-hybridized carbons (Fsp3) is 0.115. The van der Waals surface area contributed by atoms with Gasteiger partial charge in [-0.3, -0.25) is 19.3 Å². The van der Waals surface area contributed by atoms with Crippen LogP contribution < -0.4 is 10.1 Å². The van der Waals surface area contributed by atoms with Crippen LogP contribution in [0.25, 0.3) is 6.08 Å². The van der Waals surface area contributed by atoms with E-state index in [-0.39, 0.29) is 30.2 Å². The summed E-state index contributed by atoms with van der Waals surface area (Å²) < 4.78 is 6.24. The number of imide groups is 1. The maximum absolute atomic E-state index is 12.9. The number of anilines is 1. The first kappa shape index (κ1) is 26.3. The highest BCUT2D eigenvalue weighted by molar-refractivity contribution is 9.10. The molecule has 3 aromatic rings. The molecule has 1 aliphatic heterocycles. The van der Waals surface area contributed by atoms with Crippen LogP contribution in [0.3, 0.4) is 0 Å². The van der Waals surface area contributed by atoms with E-state index in [9.17, 15) is 14.4 Å². The van der Waals surface area contributed by atoms with E-state index in [4.69, 9.17) is 27.9 Å². The Balaban J connectivity index is 1.39. The molecule has 0 aliphatic carbocycles. The van der Waals surface area contributed by atoms with Crippen LogP contribution in [0.5, 0.6) is 5.75 Å². The summed E-state index contributed by atoms with van der Waals surface area (Å²) in [5, 5.41) is 3.18. The number of hydrogen-bond acceptors (Lipinski definition) is 5. The van der Waals surface area contributed by atoms with E-state index < -0.39 is 0 Å². The molecular formula is C26H19BrCl2N2O4S. The first-order valence-electron chi connectivity index (χ1n) is 10.7. The maximum Gasteiger partial charge on any atom is 0.293 e. The third-order valence-corrected chi connectivity index (χ3v) is 7.38. The zero-order chi connectivity index (χ0) is 25.8. The molecule has 0 saturated carbocycles. The van der Waals surface area contributed by atoms with Gasteiger partial charge in [-0.05, 0) is 93.8 Å². The summed E-state index contributed by atoms with van der Waals surface area (Å²) >= 11 is 16.3. The van der Waals surface area contributed by atoms with Crippen molar-refractivity contribution in [1.82, 2.24) is 4.90 Å². The molecule has 0 spiro atoms. The fourth-order valence-corrected chi connectivity index (χ4v) is 5.07. The minimum atomic E-state index is -0.389. The number of aryl methyl sites for hydroxylation is 1. The number of thioether (sulfide) groups is 1. The highest BCUT2D eigenvalue weighted by Gasteiger charge is 2.35. The van der Waals surface area contributed by atoms with E-state index in [1.54, 1.807) is 42.5 Å². The molecule has 1 fully saturated rings. The van der Waals surface area contributed by atoms with Crippen molar-refractivity contribution in [2.75, 3.05) is 11.9 Å². The smallest absolute Gasteiger partial charge is 0.293 e. The number of carbonyl (C=O) groups is 3. The van der Waals surface area contributed by atoms with Crippen molar-refractivity contribution in [3.05, 3.63) is 96.8 Å².